The molecule has 0 aliphatic carbocycles. The number of hydrogen-bond donors (Lipinski definition) is 0. The number of fused-ring (bicyclic) bond motifs is 3. The van der Waals surface area contributed by atoms with Crippen molar-refractivity contribution in [3.63, 3.8) is 0 Å². The van der Waals surface area contributed by atoms with Crippen LogP contribution < -0.4 is 4.40 Å². The summed E-state index contributed by atoms with van der Waals surface area (Å²) in [7, 11) is 0. The molecule has 0 aliphatic heterocycles. The van der Waals surface area contributed by atoms with Crippen LogP contribution in [0.15, 0.2) is 95.7 Å². The first-order valence-corrected chi connectivity index (χ1v) is 25.9. The molecule has 0 bridgehead atoms. The fourth-order valence-electron chi connectivity index (χ4n) is 7.01. The van der Waals surface area contributed by atoms with Crippen LogP contribution in [-0.4, -0.2) is 28.2 Å². The molecular formula is C47H51GeIrN3O-2. The van der Waals surface area contributed by atoms with Gasteiger partial charge in [-0.2, -0.15) is 0 Å². The van der Waals surface area contributed by atoms with Crippen molar-refractivity contribution < 1.29 is 24.5 Å². The third-order valence-electron chi connectivity index (χ3n) is 9.55. The Morgan fingerprint density at radius 3 is 2.00 bits per heavy atom. The van der Waals surface area contributed by atoms with Gasteiger partial charge in [0.2, 0.25) is 5.71 Å². The first kappa shape index (κ1) is 40.3. The summed E-state index contributed by atoms with van der Waals surface area (Å²) in [4.78, 5) is 14.3. The molecule has 0 spiro atoms. The molecule has 0 unspecified atom stereocenters. The van der Waals surface area contributed by atoms with Gasteiger partial charge in [-0.05, 0) is 67.6 Å². The minimum absolute atomic E-state index is 0. The molecule has 6 heteroatoms. The minimum atomic E-state index is -1.86. The van der Waals surface area contributed by atoms with Gasteiger partial charge in [-0.15, -0.1) is 18.2 Å². The number of rotatable bonds is 8. The SMILES string of the molecule is CC(C)Cc1cc(-c2[c-]cccc2)nc[c]1[Ge]([CH3])([CH3])[CH3].Cc1cnc(-c2[c-]ccc3c2oc2nc(-c4c(C)cccc4C)ccc23)cc1CC(C)C.[Ir]. The van der Waals surface area contributed by atoms with E-state index < -0.39 is 13.3 Å². The Hall–Kier alpha value is -3.90. The van der Waals surface area contributed by atoms with Crippen molar-refractivity contribution in [3.8, 4) is 33.8 Å². The molecule has 1 radical (unpaired) electrons. The summed E-state index contributed by atoms with van der Waals surface area (Å²) in [6.07, 6.45) is 6.26. The number of aryl methyl sites for hydroxylation is 3. The second kappa shape index (κ2) is 17.1. The number of aromatic nitrogens is 3. The molecule has 0 fully saturated rings. The monoisotopic (exact) mass is 940 g/mol. The van der Waals surface area contributed by atoms with Gasteiger partial charge < -0.3 is 9.40 Å². The topological polar surface area (TPSA) is 51.8 Å². The van der Waals surface area contributed by atoms with Crippen LogP contribution >= 0.6 is 0 Å². The third kappa shape index (κ3) is 9.26. The molecule has 0 saturated carbocycles. The molecule has 4 aromatic heterocycles. The van der Waals surface area contributed by atoms with Gasteiger partial charge in [-0.3, -0.25) is 0 Å². The van der Waals surface area contributed by atoms with Crippen molar-refractivity contribution in [1.82, 2.24) is 15.0 Å². The molecule has 275 valence electrons. The molecule has 0 N–H and O–H groups in total. The number of furan rings is 1. The number of pyridine rings is 3. The van der Waals surface area contributed by atoms with Crippen molar-refractivity contribution in [2.24, 2.45) is 11.8 Å². The molecule has 53 heavy (non-hydrogen) atoms. The van der Waals surface area contributed by atoms with Crippen LogP contribution in [0.2, 0.25) is 17.3 Å². The Kier molecular flexibility index (Phi) is 13.0. The maximum Gasteiger partial charge on any atom is 0.216 e. The fourth-order valence-corrected chi connectivity index (χ4v) is 10.3. The zero-order valence-corrected chi connectivity index (χ0v) is 37.3. The van der Waals surface area contributed by atoms with Gasteiger partial charge in [-0.25, -0.2) is 4.98 Å². The molecule has 3 aromatic carbocycles. The number of nitrogens with zero attached hydrogens (tertiary/aromatic N) is 3. The Bertz CT molecular complexity index is 2320. The van der Waals surface area contributed by atoms with Crippen LogP contribution in [0.3, 0.4) is 0 Å². The number of hydrogen-bond acceptors (Lipinski definition) is 4. The van der Waals surface area contributed by atoms with Gasteiger partial charge in [0.05, 0.1) is 11.3 Å². The van der Waals surface area contributed by atoms with Crippen molar-refractivity contribution in [3.05, 3.63) is 131 Å². The quantitative estimate of drug-likeness (QED) is 0.113. The zero-order valence-electron chi connectivity index (χ0n) is 32.8. The van der Waals surface area contributed by atoms with E-state index in [9.17, 15) is 0 Å². The second-order valence-corrected chi connectivity index (χ2v) is 26.5. The van der Waals surface area contributed by atoms with E-state index in [0.29, 0.717) is 17.5 Å². The average Bonchev–Trinajstić information content (AvgIpc) is 3.47. The zero-order chi connectivity index (χ0) is 37.2. The summed E-state index contributed by atoms with van der Waals surface area (Å²) < 4.78 is 7.89. The van der Waals surface area contributed by atoms with Crippen LogP contribution in [0, 0.1) is 44.7 Å². The normalized spacial score (nSPS) is 11.5. The van der Waals surface area contributed by atoms with E-state index in [0.717, 1.165) is 57.4 Å². The smallest absolute Gasteiger partial charge is 0.216 e. The van der Waals surface area contributed by atoms with E-state index in [1.807, 2.05) is 36.5 Å². The van der Waals surface area contributed by atoms with Crippen LogP contribution in [0.4, 0.5) is 0 Å². The predicted octanol–water partition coefficient (Wildman–Crippen LogP) is 11.9. The Labute approximate surface area is 332 Å². The third-order valence-corrected chi connectivity index (χ3v) is 13.9. The van der Waals surface area contributed by atoms with E-state index in [1.165, 1.54) is 33.4 Å². The van der Waals surface area contributed by atoms with Gasteiger partial charge in [0.25, 0.3) is 0 Å². The van der Waals surface area contributed by atoms with E-state index in [1.54, 1.807) is 4.40 Å². The predicted molar refractivity (Wildman–Crippen MR) is 222 cm³/mol. The molecule has 4 heterocycles. The maximum absolute atomic E-state index is 6.35. The second-order valence-electron chi connectivity index (χ2n) is 16.0. The van der Waals surface area contributed by atoms with Crippen molar-refractivity contribution in [2.45, 2.75) is 78.6 Å². The summed E-state index contributed by atoms with van der Waals surface area (Å²) in [5.41, 5.74) is 13.9. The molecular weight excluding hydrogens is 887 g/mol. The van der Waals surface area contributed by atoms with Crippen LogP contribution in [0.1, 0.15) is 55.5 Å². The van der Waals surface area contributed by atoms with E-state index in [2.05, 4.69) is 133 Å². The van der Waals surface area contributed by atoms with Crippen molar-refractivity contribution in [1.29, 1.82) is 0 Å². The van der Waals surface area contributed by atoms with Gasteiger partial charge in [0, 0.05) is 37.3 Å². The largest absolute Gasteiger partial charge is 0.486 e. The summed E-state index contributed by atoms with van der Waals surface area (Å²) in [6, 6.07) is 33.7. The minimum Gasteiger partial charge on any atom is -0.486 e. The Balaban J connectivity index is 0.000000223. The van der Waals surface area contributed by atoms with Crippen molar-refractivity contribution >= 4 is 39.7 Å². The first-order valence-electron chi connectivity index (χ1n) is 18.5. The van der Waals surface area contributed by atoms with Crippen LogP contribution in [0.25, 0.3) is 55.8 Å². The van der Waals surface area contributed by atoms with E-state index in [4.69, 9.17) is 19.4 Å². The molecule has 0 aliphatic rings. The van der Waals surface area contributed by atoms with Gasteiger partial charge in [0.15, 0.2) is 0 Å². The maximum atomic E-state index is 6.35. The van der Waals surface area contributed by atoms with Crippen molar-refractivity contribution in [2.75, 3.05) is 0 Å². The Morgan fingerprint density at radius 1 is 0.660 bits per heavy atom. The summed E-state index contributed by atoms with van der Waals surface area (Å²) in [6.45, 7) is 15.4. The molecule has 7 aromatic rings. The fraction of sp³-hybridized carbons (Fsp3) is 0.298. The number of benzene rings is 3. The Morgan fingerprint density at radius 2 is 1.34 bits per heavy atom. The molecule has 7 rings (SSSR count). The van der Waals surface area contributed by atoms with Crippen LogP contribution in [0.5, 0.6) is 0 Å². The standard InChI is InChI=1S/C29H27N2O.C18H24GeN.Ir/c1-17(2)14-21-15-26(30-16-20(21)5)24-11-7-10-22-23-12-13-25(31-29(23)32-28(22)24)27-18(3)8-6-9-19(27)4;1-14(2)11-16-12-18(15-9-7-6-8-10-15)20-13-17(16)19(3,4)5;/h6-10,12-13,15-17H,14H2,1-5H3;6-9,12-14H,11H2,1-5H3;/q2*-1;. The molecule has 0 saturated heterocycles. The van der Waals surface area contributed by atoms with Gasteiger partial charge >= 0.3 is 126 Å². The van der Waals surface area contributed by atoms with E-state index in [-0.39, 0.29) is 20.1 Å². The van der Waals surface area contributed by atoms with Gasteiger partial charge in [-0.1, -0.05) is 54.6 Å². The molecule has 0 atom stereocenters. The first-order chi connectivity index (χ1) is 24.8. The van der Waals surface area contributed by atoms with Crippen LogP contribution in [-0.2, 0) is 32.9 Å². The summed E-state index contributed by atoms with van der Waals surface area (Å²) in [5, 5.41) is 2.06. The summed E-state index contributed by atoms with van der Waals surface area (Å²) >= 11 is -1.86. The van der Waals surface area contributed by atoms with Gasteiger partial charge in [0.1, 0.15) is 0 Å². The molecule has 0 amide bonds. The van der Waals surface area contributed by atoms with E-state index >= 15 is 0 Å². The summed E-state index contributed by atoms with van der Waals surface area (Å²) in [5.74, 6) is 8.58. The average molecular weight is 939 g/mol. The molecule has 4 nitrogen and oxygen atoms in total.